The lowest BCUT2D eigenvalue weighted by Gasteiger charge is -2.37. The third-order valence-electron chi connectivity index (χ3n) is 5.86. The first-order chi connectivity index (χ1) is 13.2. The maximum Gasteiger partial charge on any atom is 0.225 e. The van der Waals surface area contributed by atoms with E-state index in [9.17, 15) is 9.90 Å². The molecule has 1 amide bonds. The smallest absolute Gasteiger partial charge is 0.225 e. The maximum absolute atomic E-state index is 12.6. The summed E-state index contributed by atoms with van der Waals surface area (Å²) in [5.41, 5.74) is 1.24. The van der Waals surface area contributed by atoms with Crippen molar-refractivity contribution in [2.75, 3.05) is 39.3 Å². The molecule has 1 heterocycles. The average Bonchev–Trinajstić information content (AvgIpc) is 2.73. The molecule has 2 fully saturated rings. The quantitative estimate of drug-likeness (QED) is 0.797. The van der Waals surface area contributed by atoms with Crippen LogP contribution in [0.15, 0.2) is 24.3 Å². The summed E-state index contributed by atoms with van der Waals surface area (Å²) in [6.07, 6.45) is 6.26. The standard InChI is InChI=1S/C22H34N2O3/c1-2-18-7-6-10-21(15-18)27-17-20(25)16-23-11-13-24(14-12-23)22(26)19-8-4-3-5-9-19/h6-7,10,15,19-20,25H,2-5,8-9,11-14,16-17H2,1H3. The molecule has 1 aliphatic heterocycles. The Labute approximate surface area is 163 Å². The molecule has 27 heavy (non-hydrogen) atoms. The number of carbonyl (C=O) groups excluding carboxylic acids is 1. The van der Waals surface area contributed by atoms with Gasteiger partial charge in [0, 0.05) is 38.6 Å². The van der Waals surface area contributed by atoms with Crippen LogP contribution in [0.4, 0.5) is 0 Å². The van der Waals surface area contributed by atoms with Gasteiger partial charge in [-0.3, -0.25) is 9.69 Å². The third-order valence-corrected chi connectivity index (χ3v) is 5.86. The molecule has 5 nitrogen and oxygen atoms in total. The Morgan fingerprint density at radius 1 is 1.19 bits per heavy atom. The van der Waals surface area contributed by atoms with Gasteiger partial charge >= 0.3 is 0 Å². The number of hydrogen-bond donors (Lipinski definition) is 1. The van der Waals surface area contributed by atoms with Gasteiger partial charge in [0.1, 0.15) is 18.5 Å². The number of nitrogens with zero attached hydrogens (tertiary/aromatic N) is 2. The molecule has 150 valence electrons. The van der Waals surface area contributed by atoms with Gasteiger partial charge in [-0.05, 0) is 37.0 Å². The van der Waals surface area contributed by atoms with Crippen LogP contribution < -0.4 is 4.74 Å². The van der Waals surface area contributed by atoms with E-state index in [0.717, 1.165) is 51.2 Å². The van der Waals surface area contributed by atoms with Crippen LogP contribution in [0.25, 0.3) is 0 Å². The van der Waals surface area contributed by atoms with Gasteiger partial charge in [0.2, 0.25) is 5.91 Å². The lowest BCUT2D eigenvalue weighted by Crippen LogP contribution is -2.52. The Kier molecular flexibility index (Phi) is 7.53. The summed E-state index contributed by atoms with van der Waals surface area (Å²) in [7, 11) is 0. The molecule has 5 heteroatoms. The van der Waals surface area contributed by atoms with Gasteiger partial charge in [-0.15, -0.1) is 0 Å². The van der Waals surface area contributed by atoms with Crippen LogP contribution >= 0.6 is 0 Å². The zero-order valence-corrected chi connectivity index (χ0v) is 16.6. The molecular weight excluding hydrogens is 340 g/mol. The lowest BCUT2D eigenvalue weighted by atomic mass is 9.88. The third kappa shape index (κ3) is 5.94. The van der Waals surface area contributed by atoms with Crippen molar-refractivity contribution < 1.29 is 14.6 Å². The molecule has 0 aromatic heterocycles. The van der Waals surface area contributed by atoms with Gasteiger partial charge in [0.25, 0.3) is 0 Å². The van der Waals surface area contributed by atoms with E-state index in [-0.39, 0.29) is 5.92 Å². The number of aryl methyl sites for hydroxylation is 1. The van der Waals surface area contributed by atoms with Crippen LogP contribution in [0.5, 0.6) is 5.75 Å². The average molecular weight is 375 g/mol. The molecule has 1 aromatic carbocycles. The first-order valence-electron chi connectivity index (χ1n) is 10.6. The SMILES string of the molecule is CCc1cccc(OCC(O)CN2CCN(C(=O)C3CCCCC3)CC2)c1. The van der Waals surface area contributed by atoms with E-state index in [1.54, 1.807) is 0 Å². The van der Waals surface area contributed by atoms with Gasteiger partial charge in [-0.2, -0.15) is 0 Å². The van der Waals surface area contributed by atoms with E-state index in [0.29, 0.717) is 19.1 Å². The normalized spacial score (nSPS) is 20.4. The van der Waals surface area contributed by atoms with Crippen LogP contribution in [0.3, 0.4) is 0 Å². The van der Waals surface area contributed by atoms with Gasteiger partial charge in [0.15, 0.2) is 0 Å². The number of aliphatic hydroxyl groups is 1. The molecule has 0 spiro atoms. The van der Waals surface area contributed by atoms with Crippen LogP contribution in [-0.4, -0.2) is 66.2 Å². The van der Waals surface area contributed by atoms with Crippen molar-refractivity contribution in [2.45, 2.75) is 51.6 Å². The van der Waals surface area contributed by atoms with Gasteiger partial charge in [-0.1, -0.05) is 38.3 Å². The fraction of sp³-hybridized carbons (Fsp3) is 0.682. The number of amides is 1. The number of hydrogen-bond acceptors (Lipinski definition) is 4. The van der Waals surface area contributed by atoms with Crippen molar-refractivity contribution >= 4 is 5.91 Å². The second kappa shape index (κ2) is 10.1. The highest BCUT2D eigenvalue weighted by Crippen LogP contribution is 2.25. The Hall–Kier alpha value is -1.59. The highest BCUT2D eigenvalue weighted by molar-refractivity contribution is 5.79. The molecule has 1 N–H and O–H groups in total. The van der Waals surface area contributed by atoms with Crippen LogP contribution in [0.1, 0.15) is 44.6 Å². The van der Waals surface area contributed by atoms with E-state index < -0.39 is 6.10 Å². The van der Waals surface area contributed by atoms with E-state index >= 15 is 0 Å². The first-order valence-corrected chi connectivity index (χ1v) is 10.6. The van der Waals surface area contributed by atoms with E-state index in [4.69, 9.17) is 4.74 Å². The Morgan fingerprint density at radius 2 is 1.93 bits per heavy atom. The molecule has 1 atom stereocenters. The molecular formula is C22H34N2O3. The Bertz CT molecular complexity index is 593. The molecule has 3 rings (SSSR count). The second-order valence-electron chi connectivity index (χ2n) is 7.93. The predicted octanol–water partition coefficient (Wildman–Crippen LogP) is 2.71. The number of aliphatic hydroxyl groups excluding tert-OH is 1. The summed E-state index contributed by atoms with van der Waals surface area (Å²) in [5.74, 6) is 1.42. The molecule has 1 aromatic rings. The van der Waals surface area contributed by atoms with Crippen molar-refractivity contribution in [3.63, 3.8) is 0 Å². The number of carbonyl (C=O) groups is 1. The summed E-state index contributed by atoms with van der Waals surface area (Å²) in [6, 6.07) is 8.03. The maximum atomic E-state index is 12.6. The molecule has 0 radical (unpaired) electrons. The number of benzene rings is 1. The van der Waals surface area contributed by atoms with E-state index in [1.165, 1.54) is 24.8 Å². The van der Waals surface area contributed by atoms with Crippen molar-refractivity contribution in [3.05, 3.63) is 29.8 Å². The minimum atomic E-state index is -0.518. The highest BCUT2D eigenvalue weighted by atomic mass is 16.5. The van der Waals surface area contributed by atoms with Crippen LogP contribution in [0, 0.1) is 5.92 Å². The van der Waals surface area contributed by atoms with Crippen LogP contribution in [0.2, 0.25) is 0 Å². The van der Waals surface area contributed by atoms with Gasteiger partial charge in [0.05, 0.1) is 0 Å². The predicted molar refractivity (Wildman–Crippen MR) is 107 cm³/mol. The molecule has 1 unspecified atom stereocenters. The summed E-state index contributed by atoms with van der Waals surface area (Å²) in [5, 5.41) is 10.3. The van der Waals surface area contributed by atoms with Crippen molar-refractivity contribution in [1.82, 2.24) is 9.80 Å². The number of piperazine rings is 1. The topological polar surface area (TPSA) is 53.0 Å². The largest absolute Gasteiger partial charge is 0.491 e. The fourth-order valence-electron chi connectivity index (χ4n) is 4.16. The van der Waals surface area contributed by atoms with Gasteiger partial charge < -0.3 is 14.7 Å². The minimum Gasteiger partial charge on any atom is -0.491 e. The summed E-state index contributed by atoms with van der Waals surface area (Å²) in [6.45, 7) is 6.24. The van der Waals surface area contributed by atoms with Crippen molar-refractivity contribution in [3.8, 4) is 5.75 Å². The Morgan fingerprint density at radius 3 is 2.63 bits per heavy atom. The minimum absolute atomic E-state index is 0.253. The molecule has 1 aliphatic carbocycles. The zero-order valence-electron chi connectivity index (χ0n) is 16.6. The van der Waals surface area contributed by atoms with Crippen molar-refractivity contribution in [1.29, 1.82) is 0 Å². The number of ether oxygens (including phenoxy) is 1. The Balaban J connectivity index is 1.37. The zero-order chi connectivity index (χ0) is 19.1. The lowest BCUT2D eigenvalue weighted by molar-refractivity contribution is -0.138. The summed E-state index contributed by atoms with van der Waals surface area (Å²) >= 11 is 0. The monoisotopic (exact) mass is 374 g/mol. The molecule has 1 saturated carbocycles. The van der Waals surface area contributed by atoms with Crippen LogP contribution in [-0.2, 0) is 11.2 Å². The fourth-order valence-corrected chi connectivity index (χ4v) is 4.16. The van der Waals surface area contributed by atoms with E-state index in [2.05, 4.69) is 17.9 Å². The van der Waals surface area contributed by atoms with E-state index in [1.807, 2.05) is 23.1 Å². The summed E-state index contributed by atoms with van der Waals surface area (Å²) in [4.78, 5) is 16.9. The highest BCUT2D eigenvalue weighted by Gasteiger charge is 2.28. The van der Waals surface area contributed by atoms with Gasteiger partial charge in [-0.25, -0.2) is 0 Å². The summed E-state index contributed by atoms with van der Waals surface area (Å²) < 4.78 is 5.75. The number of β-amino-alcohol motifs (C(OH)–C–C–N with tert-alkyl or cyclic N) is 1. The first kappa shape index (κ1) is 20.2. The molecule has 0 bridgehead atoms. The van der Waals surface area contributed by atoms with Crippen molar-refractivity contribution in [2.24, 2.45) is 5.92 Å². The molecule has 1 saturated heterocycles. The molecule has 2 aliphatic rings. The number of rotatable bonds is 7. The second-order valence-corrected chi connectivity index (χ2v) is 7.93.